The Bertz CT molecular complexity index is 692. The standard InChI is InChI=1S/C13H16ClN3O3S/c1-8-4-10(14)5-15-12(8)16-13(18)17-6-9-2-3-21(19,20)11(9)7-17/h4-5,9,11H,2-3,6-7H2,1H3,(H,15,16,18)/t9-,11+/m0/s1. The first-order valence-corrected chi connectivity index (χ1v) is 8.86. The van der Waals surface area contributed by atoms with Crippen LogP contribution in [0.4, 0.5) is 10.6 Å². The molecule has 0 unspecified atom stereocenters. The van der Waals surface area contributed by atoms with Crippen LogP contribution in [0.3, 0.4) is 0 Å². The van der Waals surface area contributed by atoms with E-state index in [4.69, 9.17) is 11.6 Å². The molecule has 3 rings (SSSR count). The fourth-order valence-corrected chi connectivity index (χ4v) is 5.37. The number of carbonyl (C=O) groups is 1. The van der Waals surface area contributed by atoms with E-state index in [1.54, 1.807) is 17.9 Å². The van der Waals surface area contributed by atoms with Gasteiger partial charge in [0.2, 0.25) is 0 Å². The van der Waals surface area contributed by atoms with Gasteiger partial charge in [-0.15, -0.1) is 0 Å². The van der Waals surface area contributed by atoms with Crippen molar-refractivity contribution >= 4 is 33.3 Å². The molecular weight excluding hydrogens is 314 g/mol. The molecule has 0 bridgehead atoms. The van der Waals surface area contributed by atoms with Crippen LogP contribution in [-0.4, -0.2) is 48.4 Å². The SMILES string of the molecule is Cc1cc(Cl)cnc1NC(=O)N1C[C@@H]2CCS(=O)(=O)[C@@H]2C1. The van der Waals surface area contributed by atoms with Crippen LogP contribution in [0.1, 0.15) is 12.0 Å². The van der Waals surface area contributed by atoms with Gasteiger partial charge in [0.05, 0.1) is 16.0 Å². The predicted octanol–water partition coefficient (Wildman–Crippen LogP) is 1.69. The number of nitrogens with zero attached hydrogens (tertiary/aromatic N) is 2. The Morgan fingerprint density at radius 3 is 2.90 bits per heavy atom. The number of fused-ring (bicyclic) bond motifs is 1. The maximum atomic E-state index is 12.2. The molecule has 0 spiro atoms. The molecule has 2 aliphatic heterocycles. The molecule has 2 saturated heterocycles. The minimum atomic E-state index is -3.03. The molecule has 21 heavy (non-hydrogen) atoms. The molecule has 8 heteroatoms. The van der Waals surface area contributed by atoms with E-state index in [2.05, 4.69) is 10.3 Å². The normalized spacial score (nSPS) is 26.7. The summed E-state index contributed by atoms with van der Waals surface area (Å²) >= 11 is 5.82. The molecule has 2 aliphatic rings. The maximum absolute atomic E-state index is 12.2. The lowest BCUT2D eigenvalue weighted by atomic mass is 10.1. The molecule has 1 aromatic heterocycles. The van der Waals surface area contributed by atoms with Crippen molar-refractivity contribution in [2.75, 3.05) is 24.2 Å². The lowest BCUT2D eigenvalue weighted by molar-refractivity contribution is 0.220. The monoisotopic (exact) mass is 329 g/mol. The largest absolute Gasteiger partial charge is 0.323 e. The van der Waals surface area contributed by atoms with Crippen LogP contribution in [0, 0.1) is 12.8 Å². The van der Waals surface area contributed by atoms with Crippen molar-refractivity contribution in [1.29, 1.82) is 0 Å². The second kappa shape index (κ2) is 5.14. The zero-order valence-corrected chi connectivity index (χ0v) is 13.1. The molecule has 114 valence electrons. The van der Waals surface area contributed by atoms with E-state index in [-0.39, 0.29) is 24.2 Å². The van der Waals surface area contributed by atoms with Gasteiger partial charge >= 0.3 is 6.03 Å². The first-order chi connectivity index (χ1) is 9.87. The van der Waals surface area contributed by atoms with Gasteiger partial charge in [-0.3, -0.25) is 5.32 Å². The van der Waals surface area contributed by atoms with E-state index >= 15 is 0 Å². The zero-order valence-electron chi connectivity index (χ0n) is 11.5. The third-order valence-corrected chi connectivity index (χ3v) is 6.64. The number of carbonyl (C=O) groups excluding carboxylic acids is 1. The van der Waals surface area contributed by atoms with Gasteiger partial charge in [-0.25, -0.2) is 18.2 Å². The van der Waals surface area contributed by atoms with Crippen LogP contribution >= 0.6 is 11.6 Å². The third-order valence-electron chi connectivity index (χ3n) is 4.17. The second-order valence-electron chi connectivity index (χ2n) is 5.61. The highest BCUT2D eigenvalue weighted by molar-refractivity contribution is 7.92. The fraction of sp³-hybridized carbons (Fsp3) is 0.538. The molecule has 1 aromatic rings. The maximum Gasteiger partial charge on any atom is 0.323 e. The van der Waals surface area contributed by atoms with Crippen LogP contribution in [0.15, 0.2) is 12.3 Å². The van der Waals surface area contributed by atoms with E-state index in [0.29, 0.717) is 23.8 Å². The number of nitrogens with one attached hydrogen (secondary N) is 1. The van der Waals surface area contributed by atoms with Crippen molar-refractivity contribution in [2.45, 2.75) is 18.6 Å². The summed E-state index contributed by atoms with van der Waals surface area (Å²) in [6, 6.07) is 1.41. The van der Waals surface area contributed by atoms with Crippen LogP contribution < -0.4 is 5.32 Å². The van der Waals surface area contributed by atoms with Crippen molar-refractivity contribution in [3.63, 3.8) is 0 Å². The van der Waals surface area contributed by atoms with Gasteiger partial charge < -0.3 is 4.90 Å². The number of likely N-dealkylation sites (tertiary alicyclic amines) is 1. The Balaban J connectivity index is 1.70. The summed E-state index contributed by atoms with van der Waals surface area (Å²) in [5.74, 6) is 0.764. The van der Waals surface area contributed by atoms with Crippen molar-refractivity contribution in [3.05, 3.63) is 22.8 Å². The predicted molar refractivity (Wildman–Crippen MR) is 80.3 cm³/mol. The molecular formula is C13H16ClN3O3S. The van der Waals surface area contributed by atoms with Gasteiger partial charge in [0, 0.05) is 19.3 Å². The van der Waals surface area contributed by atoms with Gasteiger partial charge in [0.25, 0.3) is 0 Å². The Labute approximate surface area is 128 Å². The van der Waals surface area contributed by atoms with Gasteiger partial charge in [0.1, 0.15) is 5.82 Å². The van der Waals surface area contributed by atoms with Crippen LogP contribution in [0.5, 0.6) is 0 Å². The first kappa shape index (κ1) is 14.6. The minimum Gasteiger partial charge on any atom is -0.323 e. The molecule has 0 aliphatic carbocycles. The quantitative estimate of drug-likeness (QED) is 0.850. The number of urea groups is 1. The van der Waals surface area contributed by atoms with Crippen molar-refractivity contribution in [2.24, 2.45) is 5.92 Å². The molecule has 2 fully saturated rings. The van der Waals surface area contributed by atoms with E-state index < -0.39 is 15.1 Å². The summed E-state index contributed by atoms with van der Waals surface area (Å²) < 4.78 is 23.8. The number of hydrogen-bond acceptors (Lipinski definition) is 4. The Kier molecular flexibility index (Phi) is 3.57. The summed E-state index contributed by atoms with van der Waals surface area (Å²) in [7, 11) is -3.03. The average Bonchev–Trinajstić information content (AvgIpc) is 2.95. The van der Waals surface area contributed by atoms with Crippen LogP contribution in [0.25, 0.3) is 0 Å². The summed E-state index contributed by atoms with van der Waals surface area (Å²) in [5.41, 5.74) is 0.767. The smallest absolute Gasteiger partial charge is 0.323 e. The van der Waals surface area contributed by atoms with Crippen LogP contribution in [-0.2, 0) is 9.84 Å². The minimum absolute atomic E-state index is 0.0695. The molecule has 6 nitrogen and oxygen atoms in total. The molecule has 2 amide bonds. The van der Waals surface area contributed by atoms with E-state index in [0.717, 1.165) is 5.56 Å². The number of halogens is 1. The highest BCUT2D eigenvalue weighted by atomic mass is 35.5. The molecule has 0 aromatic carbocycles. The summed E-state index contributed by atoms with van der Waals surface area (Å²) in [6.45, 7) is 2.56. The van der Waals surface area contributed by atoms with E-state index in [9.17, 15) is 13.2 Å². The number of sulfone groups is 1. The van der Waals surface area contributed by atoms with E-state index in [1.807, 2.05) is 0 Å². The van der Waals surface area contributed by atoms with Gasteiger partial charge in [-0.2, -0.15) is 0 Å². The highest BCUT2D eigenvalue weighted by Gasteiger charge is 2.47. The van der Waals surface area contributed by atoms with Crippen LogP contribution in [0.2, 0.25) is 5.02 Å². The van der Waals surface area contributed by atoms with E-state index in [1.165, 1.54) is 6.20 Å². The fourth-order valence-electron chi connectivity index (χ4n) is 3.01. The summed E-state index contributed by atoms with van der Waals surface area (Å²) in [5, 5.41) is 2.82. The number of amides is 2. The molecule has 1 N–H and O–H groups in total. The van der Waals surface area contributed by atoms with Crippen molar-refractivity contribution < 1.29 is 13.2 Å². The number of rotatable bonds is 1. The molecule has 3 heterocycles. The summed E-state index contributed by atoms with van der Waals surface area (Å²) in [4.78, 5) is 17.9. The first-order valence-electron chi connectivity index (χ1n) is 6.76. The Morgan fingerprint density at radius 2 is 2.24 bits per heavy atom. The van der Waals surface area contributed by atoms with Gasteiger partial charge in [-0.1, -0.05) is 11.6 Å². The topological polar surface area (TPSA) is 79.4 Å². The Morgan fingerprint density at radius 1 is 1.48 bits per heavy atom. The zero-order chi connectivity index (χ0) is 15.2. The number of aromatic nitrogens is 1. The second-order valence-corrected chi connectivity index (χ2v) is 8.38. The van der Waals surface area contributed by atoms with Crippen molar-refractivity contribution in [1.82, 2.24) is 9.88 Å². The number of pyridine rings is 1. The average molecular weight is 330 g/mol. The lowest BCUT2D eigenvalue weighted by Gasteiger charge is -2.18. The third kappa shape index (κ3) is 2.72. The number of aryl methyl sites for hydroxylation is 1. The van der Waals surface area contributed by atoms with Gasteiger partial charge in [0.15, 0.2) is 9.84 Å². The highest BCUT2D eigenvalue weighted by Crippen LogP contribution is 2.33. The molecule has 0 radical (unpaired) electrons. The van der Waals surface area contributed by atoms with Crippen molar-refractivity contribution in [3.8, 4) is 0 Å². The number of anilines is 1. The lowest BCUT2D eigenvalue weighted by Crippen LogP contribution is -2.35. The molecule has 2 atom stereocenters. The Hall–Kier alpha value is -1.34. The molecule has 0 saturated carbocycles. The number of hydrogen-bond donors (Lipinski definition) is 1. The summed E-state index contributed by atoms with van der Waals surface area (Å²) in [6.07, 6.45) is 2.11. The van der Waals surface area contributed by atoms with Gasteiger partial charge in [-0.05, 0) is 30.9 Å².